The SMILES string of the molecule is CN(Cc1nc2c([nH]1)c(N)nc1cc(-c3ccn[nH]3)ccc12)C(=O)c1ccccc1. The van der Waals surface area contributed by atoms with Crippen molar-refractivity contribution in [1.29, 1.82) is 0 Å². The Morgan fingerprint density at radius 1 is 1.10 bits per heavy atom. The molecule has 0 aliphatic rings. The molecule has 4 N–H and O–H groups in total. The molecule has 1 amide bonds. The number of nitrogens with one attached hydrogen (secondary N) is 2. The summed E-state index contributed by atoms with van der Waals surface area (Å²) in [6, 6.07) is 17.0. The van der Waals surface area contributed by atoms with E-state index >= 15 is 0 Å². The molecule has 3 heterocycles. The number of hydrogen-bond acceptors (Lipinski definition) is 5. The molecule has 0 atom stereocenters. The van der Waals surface area contributed by atoms with Gasteiger partial charge in [0, 0.05) is 29.8 Å². The summed E-state index contributed by atoms with van der Waals surface area (Å²) in [5.74, 6) is 0.946. The van der Waals surface area contributed by atoms with Crippen LogP contribution < -0.4 is 5.73 Å². The van der Waals surface area contributed by atoms with Crippen molar-refractivity contribution in [2.75, 3.05) is 12.8 Å². The van der Waals surface area contributed by atoms with Gasteiger partial charge in [-0.15, -0.1) is 0 Å². The van der Waals surface area contributed by atoms with E-state index in [1.54, 1.807) is 30.3 Å². The van der Waals surface area contributed by atoms with Crippen molar-refractivity contribution in [1.82, 2.24) is 30.0 Å². The highest BCUT2D eigenvalue weighted by atomic mass is 16.2. The molecule has 5 rings (SSSR count). The van der Waals surface area contributed by atoms with Crippen molar-refractivity contribution in [3.63, 3.8) is 0 Å². The highest BCUT2D eigenvalue weighted by molar-refractivity contribution is 6.07. The first-order valence-electron chi connectivity index (χ1n) is 9.48. The highest BCUT2D eigenvalue weighted by Gasteiger charge is 2.16. The first-order chi connectivity index (χ1) is 14.6. The van der Waals surface area contributed by atoms with Crippen molar-refractivity contribution in [2.24, 2.45) is 0 Å². The number of amides is 1. The lowest BCUT2D eigenvalue weighted by atomic mass is 10.1. The molecule has 0 unspecified atom stereocenters. The molecular formula is C22H19N7O. The summed E-state index contributed by atoms with van der Waals surface area (Å²) < 4.78 is 0. The second-order valence-electron chi connectivity index (χ2n) is 7.13. The number of carbonyl (C=O) groups excluding carboxylic acids is 1. The molecule has 0 radical (unpaired) electrons. The van der Waals surface area contributed by atoms with Crippen LogP contribution in [0.3, 0.4) is 0 Å². The molecule has 30 heavy (non-hydrogen) atoms. The van der Waals surface area contributed by atoms with Crippen LogP contribution in [0.15, 0.2) is 60.8 Å². The summed E-state index contributed by atoms with van der Waals surface area (Å²) in [4.78, 5) is 26.7. The van der Waals surface area contributed by atoms with Crippen LogP contribution in [0.5, 0.6) is 0 Å². The van der Waals surface area contributed by atoms with Gasteiger partial charge in [0.25, 0.3) is 5.91 Å². The third kappa shape index (κ3) is 3.04. The van der Waals surface area contributed by atoms with Gasteiger partial charge in [-0.1, -0.05) is 24.3 Å². The Bertz CT molecular complexity index is 1360. The van der Waals surface area contributed by atoms with Gasteiger partial charge in [-0.2, -0.15) is 5.10 Å². The van der Waals surface area contributed by atoms with E-state index in [-0.39, 0.29) is 5.91 Å². The molecule has 0 aliphatic heterocycles. The maximum Gasteiger partial charge on any atom is 0.253 e. The van der Waals surface area contributed by atoms with Crippen molar-refractivity contribution >= 4 is 33.7 Å². The first-order valence-corrected chi connectivity index (χ1v) is 9.48. The standard InChI is InChI=1S/C22H19N7O/c1-29(22(30)13-5-3-2-4-6-13)12-18-26-19-15-8-7-14(16-9-10-24-28-16)11-17(15)25-21(23)20(19)27-18/h2-11H,12H2,1H3,(H2,23,25)(H,24,28)(H,26,27). The van der Waals surface area contributed by atoms with Crippen LogP contribution in [0.25, 0.3) is 33.2 Å². The van der Waals surface area contributed by atoms with Crippen molar-refractivity contribution < 1.29 is 4.79 Å². The van der Waals surface area contributed by atoms with Gasteiger partial charge in [0.2, 0.25) is 0 Å². The fourth-order valence-corrected chi connectivity index (χ4v) is 3.57. The van der Waals surface area contributed by atoms with Gasteiger partial charge in [-0.3, -0.25) is 9.89 Å². The van der Waals surface area contributed by atoms with Crippen LogP contribution in [0.2, 0.25) is 0 Å². The zero-order valence-electron chi connectivity index (χ0n) is 16.3. The summed E-state index contributed by atoms with van der Waals surface area (Å²) in [5.41, 5.74) is 10.9. The van der Waals surface area contributed by atoms with E-state index in [1.807, 2.05) is 42.5 Å². The quantitative estimate of drug-likeness (QED) is 0.430. The number of fused-ring (bicyclic) bond motifs is 3. The molecule has 0 saturated carbocycles. The number of nitrogen functional groups attached to an aromatic ring is 1. The monoisotopic (exact) mass is 397 g/mol. The van der Waals surface area contributed by atoms with E-state index in [1.165, 1.54) is 0 Å². The van der Waals surface area contributed by atoms with Crippen molar-refractivity contribution in [3.8, 4) is 11.3 Å². The van der Waals surface area contributed by atoms with E-state index in [2.05, 4.69) is 20.2 Å². The van der Waals surface area contributed by atoms with Gasteiger partial charge in [0.15, 0.2) is 0 Å². The highest BCUT2D eigenvalue weighted by Crippen LogP contribution is 2.29. The number of hydrogen-bond donors (Lipinski definition) is 3. The number of imidazole rings is 1. The molecular weight excluding hydrogens is 378 g/mol. The second kappa shape index (κ2) is 7.00. The maximum absolute atomic E-state index is 12.6. The van der Waals surface area contributed by atoms with Gasteiger partial charge in [-0.05, 0) is 30.3 Å². The number of carbonyl (C=O) groups is 1. The average molecular weight is 397 g/mol. The van der Waals surface area contributed by atoms with E-state index in [0.717, 1.165) is 27.7 Å². The largest absolute Gasteiger partial charge is 0.382 e. The minimum atomic E-state index is -0.0730. The topological polar surface area (TPSA) is 117 Å². The number of anilines is 1. The number of pyridine rings is 1. The van der Waals surface area contributed by atoms with Crippen LogP contribution >= 0.6 is 0 Å². The Kier molecular flexibility index (Phi) is 4.17. The number of nitrogens with two attached hydrogens (primary N) is 1. The Balaban J connectivity index is 1.51. The lowest BCUT2D eigenvalue weighted by molar-refractivity contribution is 0.0782. The summed E-state index contributed by atoms with van der Waals surface area (Å²) in [6.07, 6.45) is 1.71. The van der Waals surface area contributed by atoms with Crippen LogP contribution in [-0.2, 0) is 6.54 Å². The average Bonchev–Trinajstić information content (AvgIpc) is 3.44. The predicted octanol–water partition coefficient (Wildman–Crippen LogP) is 3.36. The third-order valence-corrected chi connectivity index (χ3v) is 5.07. The Hall–Kier alpha value is -4.20. The third-order valence-electron chi connectivity index (χ3n) is 5.07. The van der Waals surface area contributed by atoms with E-state index in [0.29, 0.717) is 29.3 Å². The van der Waals surface area contributed by atoms with Gasteiger partial charge >= 0.3 is 0 Å². The molecule has 8 heteroatoms. The zero-order chi connectivity index (χ0) is 20.7. The summed E-state index contributed by atoms with van der Waals surface area (Å²) in [7, 11) is 1.75. The van der Waals surface area contributed by atoms with E-state index < -0.39 is 0 Å². The van der Waals surface area contributed by atoms with Crippen LogP contribution in [0, 0.1) is 0 Å². The molecule has 0 bridgehead atoms. The lowest BCUT2D eigenvalue weighted by Gasteiger charge is -2.15. The summed E-state index contributed by atoms with van der Waals surface area (Å²) in [6.45, 7) is 0.329. The molecule has 0 fully saturated rings. The molecule has 3 aromatic heterocycles. The van der Waals surface area contributed by atoms with Crippen LogP contribution in [0.4, 0.5) is 5.82 Å². The van der Waals surface area contributed by atoms with Gasteiger partial charge < -0.3 is 15.6 Å². The lowest BCUT2D eigenvalue weighted by Crippen LogP contribution is -2.26. The fraction of sp³-hybridized carbons (Fsp3) is 0.0909. The number of nitrogens with zero attached hydrogens (tertiary/aromatic N) is 4. The maximum atomic E-state index is 12.6. The summed E-state index contributed by atoms with van der Waals surface area (Å²) in [5, 5.41) is 7.84. The fourth-order valence-electron chi connectivity index (χ4n) is 3.57. The van der Waals surface area contributed by atoms with E-state index in [4.69, 9.17) is 10.7 Å². The molecule has 8 nitrogen and oxygen atoms in total. The van der Waals surface area contributed by atoms with Gasteiger partial charge in [0.1, 0.15) is 22.7 Å². The molecule has 2 aromatic carbocycles. The van der Waals surface area contributed by atoms with Crippen molar-refractivity contribution in [3.05, 3.63) is 72.2 Å². The number of H-pyrrole nitrogens is 2. The van der Waals surface area contributed by atoms with E-state index in [9.17, 15) is 4.79 Å². The minimum Gasteiger partial charge on any atom is -0.382 e. The number of aromatic nitrogens is 5. The molecule has 5 aromatic rings. The molecule has 0 spiro atoms. The number of rotatable bonds is 4. The molecule has 148 valence electrons. The first kappa shape index (κ1) is 17.9. The Morgan fingerprint density at radius 2 is 1.93 bits per heavy atom. The normalized spacial score (nSPS) is 11.2. The smallest absolute Gasteiger partial charge is 0.253 e. The van der Waals surface area contributed by atoms with Crippen molar-refractivity contribution in [2.45, 2.75) is 6.54 Å². The van der Waals surface area contributed by atoms with Crippen LogP contribution in [0.1, 0.15) is 16.2 Å². The number of aromatic amines is 2. The molecule has 0 saturated heterocycles. The zero-order valence-corrected chi connectivity index (χ0v) is 16.3. The van der Waals surface area contributed by atoms with Crippen LogP contribution in [-0.4, -0.2) is 43.0 Å². The Morgan fingerprint density at radius 3 is 2.70 bits per heavy atom. The number of benzene rings is 2. The van der Waals surface area contributed by atoms with Gasteiger partial charge in [0.05, 0.1) is 17.8 Å². The Labute approximate surface area is 171 Å². The minimum absolute atomic E-state index is 0.0730. The second-order valence-corrected chi connectivity index (χ2v) is 7.13. The molecule has 0 aliphatic carbocycles. The summed E-state index contributed by atoms with van der Waals surface area (Å²) >= 11 is 0. The van der Waals surface area contributed by atoms with Gasteiger partial charge in [-0.25, -0.2) is 9.97 Å². The predicted molar refractivity (Wildman–Crippen MR) is 116 cm³/mol.